The van der Waals surface area contributed by atoms with Gasteiger partial charge in [-0.15, -0.1) is 0 Å². The van der Waals surface area contributed by atoms with E-state index in [4.69, 9.17) is 0 Å². The fraction of sp³-hybridized carbons (Fsp3) is 0.381. The van der Waals surface area contributed by atoms with Gasteiger partial charge in [-0.1, -0.05) is 44.2 Å². The van der Waals surface area contributed by atoms with E-state index in [0.29, 0.717) is 25.6 Å². The van der Waals surface area contributed by atoms with Crippen molar-refractivity contribution in [1.82, 2.24) is 24.4 Å². The highest BCUT2D eigenvalue weighted by Crippen LogP contribution is 2.20. The van der Waals surface area contributed by atoms with Crippen molar-refractivity contribution in [2.24, 2.45) is 5.92 Å². The molecule has 0 spiro atoms. The number of hydrogen-bond donors (Lipinski definition) is 0. The van der Waals surface area contributed by atoms with E-state index in [1.165, 1.54) is 0 Å². The minimum Gasteiger partial charge on any atom is -0.317 e. The fourth-order valence-electron chi connectivity index (χ4n) is 3.21. The average molecular weight is 414 g/mol. The summed E-state index contributed by atoms with van der Waals surface area (Å²) < 4.78 is 28.0. The Hall–Kier alpha value is -2.58. The summed E-state index contributed by atoms with van der Waals surface area (Å²) >= 11 is 0. The molecular weight excluding hydrogens is 386 g/mol. The van der Waals surface area contributed by atoms with Gasteiger partial charge < -0.3 is 4.57 Å². The molecule has 29 heavy (non-hydrogen) atoms. The van der Waals surface area contributed by atoms with Crippen molar-refractivity contribution in [3.05, 3.63) is 72.1 Å². The second kappa shape index (κ2) is 9.28. The normalized spacial score (nSPS) is 12.0. The highest BCUT2D eigenvalue weighted by Gasteiger charge is 2.24. The second-order valence-electron chi connectivity index (χ2n) is 7.65. The summed E-state index contributed by atoms with van der Waals surface area (Å²) in [4.78, 5) is 14.8. The third-order valence-corrected chi connectivity index (χ3v) is 6.00. The molecule has 8 heteroatoms. The summed E-state index contributed by atoms with van der Waals surface area (Å²) in [6, 6.07) is 9.21. The average Bonchev–Trinajstić information content (AvgIpc) is 3.05. The van der Waals surface area contributed by atoms with Crippen LogP contribution < -0.4 is 0 Å². The zero-order valence-corrected chi connectivity index (χ0v) is 17.9. The Morgan fingerprint density at radius 3 is 2.45 bits per heavy atom. The largest absolute Gasteiger partial charge is 0.317 e. The van der Waals surface area contributed by atoms with Crippen molar-refractivity contribution in [2.75, 3.05) is 7.05 Å². The molecule has 0 radical (unpaired) electrons. The van der Waals surface area contributed by atoms with Crippen LogP contribution in [0.5, 0.6) is 0 Å². The summed E-state index contributed by atoms with van der Waals surface area (Å²) in [5.74, 6) is 0.233. The van der Waals surface area contributed by atoms with Crippen LogP contribution in [0.1, 0.15) is 30.8 Å². The maximum Gasteiger partial charge on any atom is 0.228 e. The van der Waals surface area contributed by atoms with Crippen LogP contribution in [0.15, 0.2) is 60.3 Å². The molecule has 154 valence electrons. The van der Waals surface area contributed by atoms with Gasteiger partial charge in [0.2, 0.25) is 15.0 Å². The van der Waals surface area contributed by atoms with Crippen LogP contribution in [0.2, 0.25) is 0 Å². The van der Waals surface area contributed by atoms with E-state index in [1.54, 1.807) is 24.8 Å². The van der Waals surface area contributed by atoms with Gasteiger partial charge in [0.25, 0.3) is 0 Å². The van der Waals surface area contributed by atoms with E-state index in [1.807, 2.05) is 41.9 Å². The number of nitrogens with zero attached hydrogens (tertiary/aromatic N) is 5. The van der Waals surface area contributed by atoms with E-state index < -0.39 is 9.84 Å². The molecule has 0 N–H and O–H groups in total. The van der Waals surface area contributed by atoms with Crippen LogP contribution in [0.25, 0.3) is 0 Å². The Balaban J connectivity index is 1.84. The van der Waals surface area contributed by atoms with Crippen LogP contribution in [-0.4, -0.2) is 39.9 Å². The third kappa shape index (κ3) is 5.71. The smallest absolute Gasteiger partial charge is 0.228 e. The lowest BCUT2D eigenvalue weighted by atomic mass is 10.2. The fourth-order valence-corrected chi connectivity index (χ4v) is 4.71. The minimum atomic E-state index is -3.55. The summed E-state index contributed by atoms with van der Waals surface area (Å²) in [6.45, 7) is 5.92. The minimum absolute atomic E-state index is 0.0577. The molecule has 3 aromatic rings. The first-order chi connectivity index (χ1) is 13.8. The van der Waals surface area contributed by atoms with Gasteiger partial charge in [-0.25, -0.2) is 13.4 Å². The van der Waals surface area contributed by atoms with E-state index >= 15 is 0 Å². The number of rotatable bonds is 9. The van der Waals surface area contributed by atoms with Gasteiger partial charge in [0.15, 0.2) is 0 Å². The van der Waals surface area contributed by atoms with Crippen LogP contribution in [0, 0.1) is 5.92 Å². The van der Waals surface area contributed by atoms with Gasteiger partial charge in [0, 0.05) is 38.2 Å². The molecule has 0 atom stereocenters. The van der Waals surface area contributed by atoms with E-state index in [9.17, 15) is 8.42 Å². The van der Waals surface area contributed by atoms with Gasteiger partial charge in [0.1, 0.15) is 0 Å². The first kappa shape index (κ1) is 21.1. The standard InChI is InChI=1S/C21H27N5O2S/c1-17(2)13-26-20(15-25(3)14-19-11-22-9-10-23-19)12-24-21(26)29(27,28)16-18-7-5-4-6-8-18/h4-12,17H,13-16H2,1-3H3. The SMILES string of the molecule is CC(C)Cn1c(CN(C)Cc2cnccn2)cnc1S(=O)(=O)Cc1ccccc1. The molecule has 0 unspecified atom stereocenters. The summed E-state index contributed by atoms with van der Waals surface area (Å²) in [5, 5.41) is 0.137. The lowest BCUT2D eigenvalue weighted by Gasteiger charge is -2.19. The zero-order valence-electron chi connectivity index (χ0n) is 17.1. The molecule has 1 aromatic carbocycles. The first-order valence-electron chi connectivity index (χ1n) is 9.59. The van der Waals surface area contributed by atoms with Crippen LogP contribution in [0.4, 0.5) is 0 Å². The molecule has 2 heterocycles. The number of aromatic nitrogens is 4. The van der Waals surface area contributed by atoms with E-state index in [-0.39, 0.29) is 10.9 Å². The van der Waals surface area contributed by atoms with Crippen LogP contribution in [0.3, 0.4) is 0 Å². The van der Waals surface area contributed by atoms with Gasteiger partial charge >= 0.3 is 0 Å². The number of sulfone groups is 1. The number of hydrogen-bond acceptors (Lipinski definition) is 6. The van der Waals surface area contributed by atoms with Gasteiger partial charge in [-0.2, -0.15) is 0 Å². The Bertz CT molecular complexity index is 1020. The van der Waals surface area contributed by atoms with Crippen molar-refractivity contribution < 1.29 is 8.42 Å². The molecule has 3 rings (SSSR count). The highest BCUT2D eigenvalue weighted by molar-refractivity contribution is 7.90. The maximum absolute atomic E-state index is 13.1. The molecule has 0 aliphatic carbocycles. The maximum atomic E-state index is 13.1. The monoisotopic (exact) mass is 413 g/mol. The lowest BCUT2D eigenvalue weighted by molar-refractivity contribution is 0.300. The van der Waals surface area contributed by atoms with Crippen molar-refractivity contribution in [3.8, 4) is 0 Å². The van der Waals surface area contributed by atoms with Crippen molar-refractivity contribution in [2.45, 2.75) is 44.4 Å². The van der Waals surface area contributed by atoms with Crippen LogP contribution >= 0.6 is 0 Å². The molecule has 0 aliphatic heterocycles. The molecule has 0 saturated carbocycles. The summed E-state index contributed by atoms with van der Waals surface area (Å²) in [7, 11) is -1.58. The van der Waals surface area contributed by atoms with Gasteiger partial charge in [-0.3, -0.25) is 14.9 Å². The lowest BCUT2D eigenvalue weighted by Crippen LogP contribution is -2.22. The molecule has 0 fully saturated rings. The summed E-state index contributed by atoms with van der Waals surface area (Å²) in [5.41, 5.74) is 2.49. The Morgan fingerprint density at radius 2 is 1.79 bits per heavy atom. The molecule has 7 nitrogen and oxygen atoms in total. The Kier molecular flexibility index (Phi) is 6.76. The molecule has 0 aliphatic rings. The molecule has 2 aromatic heterocycles. The molecule has 0 bridgehead atoms. The highest BCUT2D eigenvalue weighted by atomic mass is 32.2. The topological polar surface area (TPSA) is 81.0 Å². The number of benzene rings is 1. The predicted octanol–water partition coefficient (Wildman–Crippen LogP) is 2.94. The quantitative estimate of drug-likeness (QED) is 0.536. The predicted molar refractivity (Wildman–Crippen MR) is 112 cm³/mol. The Labute approximate surface area is 172 Å². The van der Waals surface area contributed by atoms with Crippen molar-refractivity contribution in [1.29, 1.82) is 0 Å². The number of imidazole rings is 1. The van der Waals surface area contributed by atoms with E-state index in [2.05, 4.69) is 33.7 Å². The third-order valence-electron chi connectivity index (χ3n) is 4.41. The molecule has 0 saturated heterocycles. The zero-order chi connectivity index (χ0) is 20.9. The summed E-state index contributed by atoms with van der Waals surface area (Å²) in [6.07, 6.45) is 6.72. The first-order valence-corrected chi connectivity index (χ1v) is 11.2. The molecule has 0 amide bonds. The van der Waals surface area contributed by atoms with Crippen molar-refractivity contribution >= 4 is 9.84 Å². The van der Waals surface area contributed by atoms with Crippen molar-refractivity contribution in [3.63, 3.8) is 0 Å². The van der Waals surface area contributed by atoms with E-state index in [0.717, 1.165) is 17.0 Å². The Morgan fingerprint density at radius 1 is 1.03 bits per heavy atom. The molecular formula is C21H27N5O2S. The van der Waals surface area contributed by atoms with Gasteiger partial charge in [-0.05, 0) is 18.5 Å². The van der Waals surface area contributed by atoms with Crippen LogP contribution in [-0.2, 0) is 35.2 Å². The second-order valence-corrected chi connectivity index (χ2v) is 9.53. The van der Waals surface area contributed by atoms with Gasteiger partial charge in [0.05, 0.1) is 23.3 Å².